The first-order valence-electron chi connectivity index (χ1n) is 8.03. The Kier molecular flexibility index (Phi) is 5.79. The van der Waals surface area contributed by atoms with Crippen molar-refractivity contribution in [2.24, 2.45) is 0 Å². The van der Waals surface area contributed by atoms with E-state index in [0.717, 1.165) is 17.7 Å². The molecular weight excluding hydrogens is 302 g/mol. The molecule has 1 aromatic carbocycles. The molecule has 2 aromatic rings. The first kappa shape index (κ1) is 17.8. The first-order valence-corrected chi connectivity index (χ1v) is 8.03. The third-order valence-corrected chi connectivity index (χ3v) is 3.36. The second-order valence-electron chi connectivity index (χ2n) is 6.66. The molecule has 5 heteroatoms. The number of nitrogens with one attached hydrogen (secondary N) is 2. The zero-order chi connectivity index (χ0) is 17.6. The maximum absolute atomic E-state index is 12.3. The Morgan fingerprint density at radius 2 is 2.00 bits per heavy atom. The van der Waals surface area contributed by atoms with Crippen molar-refractivity contribution in [2.75, 3.05) is 19.0 Å². The number of nitrogens with zero attached hydrogens (tertiary/aromatic N) is 1. The molecule has 0 radical (unpaired) electrons. The summed E-state index contributed by atoms with van der Waals surface area (Å²) in [5, 5.41) is 6.21. The van der Waals surface area contributed by atoms with Gasteiger partial charge < -0.3 is 15.4 Å². The molecule has 1 amide bonds. The number of benzene rings is 1. The monoisotopic (exact) mass is 327 g/mol. The number of ether oxygens (including phenoxy) is 1. The van der Waals surface area contributed by atoms with Crippen LogP contribution >= 0.6 is 0 Å². The van der Waals surface area contributed by atoms with Gasteiger partial charge in [0, 0.05) is 23.8 Å². The van der Waals surface area contributed by atoms with Gasteiger partial charge in [0.05, 0.1) is 7.11 Å². The quantitative estimate of drug-likeness (QED) is 0.855. The summed E-state index contributed by atoms with van der Waals surface area (Å²) < 4.78 is 5.20. The fraction of sp³-hybridized carbons (Fsp3) is 0.368. The summed E-state index contributed by atoms with van der Waals surface area (Å²) in [5.41, 5.74) is 1.62. The second kappa shape index (κ2) is 7.81. The van der Waals surface area contributed by atoms with Gasteiger partial charge in [0.15, 0.2) is 0 Å². The molecule has 0 unspecified atom stereocenters. The van der Waals surface area contributed by atoms with E-state index in [4.69, 9.17) is 4.74 Å². The zero-order valence-electron chi connectivity index (χ0n) is 14.7. The highest BCUT2D eigenvalue weighted by Gasteiger charge is 2.12. The number of carbonyl (C=O) groups is 1. The summed E-state index contributed by atoms with van der Waals surface area (Å²) >= 11 is 0. The number of amides is 1. The molecule has 0 aliphatic carbocycles. The topological polar surface area (TPSA) is 63.2 Å². The van der Waals surface area contributed by atoms with Gasteiger partial charge in [-0.1, -0.05) is 12.1 Å². The molecule has 5 nitrogen and oxygen atoms in total. The van der Waals surface area contributed by atoms with Crippen LogP contribution in [-0.2, 0) is 6.42 Å². The Balaban J connectivity index is 1.91. The van der Waals surface area contributed by atoms with E-state index in [1.807, 2.05) is 24.3 Å². The van der Waals surface area contributed by atoms with Crippen LogP contribution in [0, 0.1) is 0 Å². The smallest absolute Gasteiger partial charge is 0.251 e. The summed E-state index contributed by atoms with van der Waals surface area (Å²) in [6.07, 6.45) is 2.40. The van der Waals surface area contributed by atoms with Crippen molar-refractivity contribution in [3.8, 4) is 5.75 Å². The Hall–Kier alpha value is -2.56. The van der Waals surface area contributed by atoms with Gasteiger partial charge >= 0.3 is 0 Å². The number of methoxy groups -OCH3 is 1. The van der Waals surface area contributed by atoms with Crippen molar-refractivity contribution in [2.45, 2.75) is 32.7 Å². The average Bonchev–Trinajstić information content (AvgIpc) is 2.53. The van der Waals surface area contributed by atoms with Crippen molar-refractivity contribution in [1.82, 2.24) is 10.3 Å². The highest BCUT2D eigenvalue weighted by atomic mass is 16.5. The molecule has 0 fully saturated rings. The fourth-order valence-electron chi connectivity index (χ4n) is 2.27. The van der Waals surface area contributed by atoms with Gasteiger partial charge in [0.1, 0.15) is 11.6 Å². The number of rotatable bonds is 6. The minimum Gasteiger partial charge on any atom is -0.497 e. The molecule has 0 saturated carbocycles. The van der Waals surface area contributed by atoms with Crippen molar-refractivity contribution < 1.29 is 9.53 Å². The van der Waals surface area contributed by atoms with Crippen molar-refractivity contribution in [1.29, 1.82) is 0 Å². The molecule has 0 aliphatic rings. The highest BCUT2D eigenvalue weighted by molar-refractivity contribution is 5.94. The summed E-state index contributed by atoms with van der Waals surface area (Å²) in [6.45, 7) is 6.72. The van der Waals surface area contributed by atoms with Crippen LogP contribution in [0.25, 0.3) is 0 Å². The number of hydrogen-bond donors (Lipinski definition) is 2. The summed E-state index contributed by atoms with van der Waals surface area (Å²) in [6, 6.07) is 11.3. The van der Waals surface area contributed by atoms with Crippen LogP contribution in [0.15, 0.2) is 42.6 Å². The molecule has 1 heterocycles. The number of anilines is 1. The van der Waals surface area contributed by atoms with E-state index in [2.05, 4.69) is 36.4 Å². The highest BCUT2D eigenvalue weighted by Crippen LogP contribution is 2.14. The lowest BCUT2D eigenvalue weighted by Crippen LogP contribution is -2.28. The predicted molar refractivity (Wildman–Crippen MR) is 96.6 cm³/mol. The minimum absolute atomic E-state index is 0.0998. The van der Waals surface area contributed by atoms with Crippen LogP contribution in [0.4, 0.5) is 5.82 Å². The maximum atomic E-state index is 12.3. The summed E-state index contributed by atoms with van der Waals surface area (Å²) in [4.78, 5) is 16.5. The number of pyridine rings is 1. The lowest BCUT2D eigenvalue weighted by molar-refractivity contribution is 0.0954. The minimum atomic E-state index is -0.103. The molecule has 0 bridgehead atoms. The van der Waals surface area contributed by atoms with E-state index in [1.165, 1.54) is 0 Å². The molecule has 2 rings (SSSR count). The normalized spacial score (nSPS) is 11.0. The van der Waals surface area contributed by atoms with E-state index in [0.29, 0.717) is 17.9 Å². The van der Waals surface area contributed by atoms with E-state index in [1.54, 1.807) is 25.4 Å². The van der Waals surface area contributed by atoms with Gasteiger partial charge in [0.25, 0.3) is 5.91 Å². The number of aromatic nitrogens is 1. The van der Waals surface area contributed by atoms with Crippen LogP contribution < -0.4 is 15.4 Å². The van der Waals surface area contributed by atoms with Gasteiger partial charge in [0.2, 0.25) is 0 Å². The molecule has 128 valence electrons. The second-order valence-corrected chi connectivity index (χ2v) is 6.66. The van der Waals surface area contributed by atoms with Crippen molar-refractivity contribution >= 4 is 11.7 Å². The van der Waals surface area contributed by atoms with Gasteiger partial charge in [-0.3, -0.25) is 4.79 Å². The zero-order valence-corrected chi connectivity index (χ0v) is 14.7. The SMILES string of the molecule is COc1cccc(CCNC(=O)c2ccnc(NC(C)(C)C)c2)c1. The van der Waals surface area contributed by atoms with Gasteiger partial charge in [-0.05, 0) is 57.0 Å². The van der Waals surface area contributed by atoms with Gasteiger partial charge in [-0.2, -0.15) is 0 Å². The predicted octanol–water partition coefficient (Wildman–Crippen LogP) is 3.27. The van der Waals surface area contributed by atoms with Crippen molar-refractivity contribution in [3.63, 3.8) is 0 Å². The largest absolute Gasteiger partial charge is 0.497 e. The molecule has 0 atom stereocenters. The Labute approximate surface area is 143 Å². The van der Waals surface area contributed by atoms with Crippen LogP contribution in [0.5, 0.6) is 5.75 Å². The standard InChI is InChI=1S/C19H25N3O2/c1-19(2,3)22-17-13-15(9-11-20-17)18(23)21-10-8-14-6-5-7-16(12-14)24-4/h5-7,9,11-13H,8,10H2,1-4H3,(H,20,22)(H,21,23). The van der Waals surface area contributed by atoms with E-state index < -0.39 is 0 Å². The lowest BCUT2D eigenvalue weighted by atomic mass is 10.1. The molecular formula is C19H25N3O2. The van der Waals surface area contributed by atoms with Gasteiger partial charge in [-0.25, -0.2) is 4.98 Å². The molecule has 0 spiro atoms. The lowest BCUT2D eigenvalue weighted by Gasteiger charge is -2.21. The first-order chi connectivity index (χ1) is 11.4. The fourth-order valence-corrected chi connectivity index (χ4v) is 2.27. The van der Waals surface area contributed by atoms with E-state index in [9.17, 15) is 4.79 Å². The molecule has 0 saturated heterocycles. The van der Waals surface area contributed by atoms with Crippen molar-refractivity contribution in [3.05, 3.63) is 53.7 Å². The summed E-state index contributed by atoms with van der Waals surface area (Å²) in [5.74, 6) is 1.42. The summed E-state index contributed by atoms with van der Waals surface area (Å²) in [7, 11) is 1.65. The Bertz CT molecular complexity index is 693. The third-order valence-electron chi connectivity index (χ3n) is 3.36. The van der Waals surface area contributed by atoms with E-state index >= 15 is 0 Å². The van der Waals surface area contributed by atoms with Crippen LogP contribution in [0.2, 0.25) is 0 Å². The Morgan fingerprint density at radius 1 is 1.21 bits per heavy atom. The van der Waals surface area contributed by atoms with E-state index in [-0.39, 0.29) is 11.4 Å². The van der Waals surface area contributed by atoms with Crippen LogP contribution in [0.3, 0.4) is 0 Å². The van der Waals surface area contributed by atoms with Gasteiger partial charge in [-0.15, -0.1) is 0 Å². The van der Waals surface area contributed by atoms with Crippen LogP contribution in [-0.4, -0.2) is 30.1 Å². The maximum Gasteiger partial charge on any atom is 0.251 e. The average molecular weight is 327 g/mol. The number of carbonyl (C=O) groups excluding carboxylic acids is 1. The molecule has 0 aliphatic heterocycles. The third kappa shape index (κ3) is 5.57. The molecule has 2 N–H and O–H groups in total. The van der Waals surface area contributed by atoms with Crippen LogP contribution in [0.1, 0.15) is 36.7 Å². The number of hydrogen-bond acceptors (Lipinski definition) is 4. The Morgan fingerprint density at radius 3 is 2.71 bits per heavy atom. The molecule has 1 aromatic heterocycles. The molecule has 24 heavy (non-hydrogen) atoms.